The minimum Gasteiger partial charge on any atom is -0.496 e. The monoisotopic (exact) mass is 530 g/mol. The second-order valence-corrected chi connectivity index (χ2v) is 8.78. The van der Waals surface area contributed by atoms with Gasteiger partial charge < -0.3 is 9.47 Å². The molecule has 39 heavy (non-hydrogen) atoms. The van der Waals surface area contributed by atoms with Gasteiger partial charge in [0.1, 0.15) is 11.5 Å². The van der Waals surface area contributed by atoms with Gasteiger partial charge in [0.25, 0.3) is 0 Å². The van der Waals surface area contributed by atoms with Crippen LogP contribution in [0.4, 0.5) is 19.1 Å². The van der Waals surface area contributed by atoms with Gasteiger partial charge in [-0.25, -0.2) is 15.0 Å². The largest absolute Gasteiger partial charge is 0.496 e. The molecule has 0 radical (unpaired) electrons. The highest BCUT2D eigenvalue weighted by atomic mass is 19.4. The number of methoxy groups -OCH3 is 2. The first-order valence-electron chi connectivity index (χ1n) is 12.2. The van der Waals surface area contributed by atoms with Gasteiger partial charge in [-0.2, -0.15) is 18.3 Å². The van der Waals surface area contributed by atoms with Gasteiger partial charge in [-0.1, -0.05) is 66.7 Å². The van der Waals surface area contributed by atoms with Crippen LogP contribution >= 0.6 is 0 Å². The number of hydrogen-bond donors (Lipinski definition) is 0. The van der Waals surface area contributed by atoms with Gasteiger partial charge >= 0.3 is 6.18 Å². The van der Waals surface area contributed by atoms with Crippen LogP contribution in [-0.4, -0.2) is 29.9 Å². The van der Waals surface area contributed by atoms with Gasteiger partial charge in [-0.3, -0.25) is 0 Å². The average molecular weight is 531 g/mol. The number of alkyl halides is 3. The molecule has 0 bridgehead atoms. The van der Waals surface area contributed by atoms with Crippen molar-refractivity contribution in [3.63, 3.8) is 0 Å². The Hall–Kier alpha value is -4.66. The highest BCUT2D eigenvalue weighted by Gasteiger charge is 2.37. The lowest BCUT2D eigenvalue weighted by atomic mass is 10.00. The number of ether oxygens (including phenoxy) is 2. The van der Waals surface area contributed by atoms with Crippen LogP contribution in [0, 0.1) is 0 Å². The molecule has 6 nitrogen and oxygen atoms in total. The van der Waals surface area contributed by atoms with Crippen LogP contribution in [0.25, 0.3) is 17.3 Å². The Morgan fingerprint density at radius 2 is 1.49 bits per heavy atom. The summed E-state index contributed by atoms with van der Waals surface area (Å²) in [5.74, 6) is 1.13. The van der Waals surface area contributed by atoms with Crippen LogP contribution in [0.15, 0.2) is 96.1 Å². The quantitative estimate of drug-likeness (QED) is 0.253. The van der Waals surface area contributed by atoms with E-state index in [-0.39, 0.29) is 11.6 Å². The number of anilines is 1. The van der Waals surface area contributed by atoms with E-state index in [4.69, 9.17) is 14.6 Å². The van der Waals surface area contributed by atoms with E-state index in [0.717, 1.165) is 17.2 Å². The normalized spacial score (nSPS) is 15.5. The number of hydrazone groups is 1. The molecule has 0 aliphatic carbocycles. The Labute approximate surface area is 224 Å². The van der Waals surface area contributed by atoms with Gasteiger partial charge in [-0.15, -0.1) is 0 Å². The van der Waals surface area contributed by atoms with E-state index in [2.05, 4.69) is 9.97 Å². The van der Waals surface area contributed by atoms with Crippen molar-refractivity contribution in [3.05, 3.63) is 108 Å². The van der Waals surface area contributed by atoms with Crippen LogP contribution in [0.1, 0.15) is 29.3 Å². The first-order chi connectivity index (χ1) is 18.9. The number of allylic oxidation sites excluding steroid dienone is 1. The summed E-state index contributed by atoms with van der Waals surface area (Å²) in [6.45, 7) is 0. The summed E-state index contributed by atoms with van der Waals surface area (Å²) in [5, 5.41) is 6.14. The second-order valence-electron chi connectivity index (χ2n) is 8.78. The number of nitrogens with zero attached hydrogens (tertiary/aromatic N) is 4. The summed E-state index contributed by atoms with van der Waals surface area (Å²) < 4.78 is 52.9. The molecule has 4 aromatic rings. The Kier molecular flexibility index (Phi) is 7.31. The van der Waals surface area contributed by atoms with E-state index in [0.29, 0.717) is 29.2 Å². The summed E-state index contributed by atoms with van der Waals surface area (Å²) in [7, 11) is 3.14. The molecular formula is C30H25F3N4O2. The van der Waals surface area contributed by atoms with Gasteiger partial charge in [0.2, 0.25) is 5.95 Å². The molecule has 0 N–H and O–H groups in total. The molecule has 1 unspecified atom stereocenters. The SMILES string of the molecule is COc1ccccc1/C=C/C1=NN(c2nc(-c3ccccc3)cc(C(F)(F)F)n2)C(c2ccccc2OC)C1. The van der Waals surface area contributed by atoms with Crippen molar-refractivity contribution in [2.24, 2.45) is 5.10 Å². The fourth-order valence-corrected chi connectivity index (χ4v) is 4.43. The van der Waals surface area contributed by atoms with Crippen LogP contribution in [0.3, 0.4) is 0 Å². The van der Waals surface area contributed by atoms with E-state index in [1.165, 1.54) is 5.01 Å². The van der Waals surface area contributed by atoms with Crippen molar-refractivity contribution < 1.29 is 22.6 Å². The lowest BCUT2D eigenvalue weighted by Gasteiger charge is -2.24. The zero-order chi connectivity index (χ0) is 27.4. The van der Waals surface area contributed by atoms with E-state index >= 15 is 0 Å². The van der Waals surface area contributed by atoms with Crippen molar-refractivity contribution >= 4 is 17.7 Å². The lowest BCUT2D eigenvalue weighted by molar-refractivity contribution is -0.141. The van der Waals surface area contributed by atoms with Crippen LogP contribution in [0.5, 0.6) is 11.5 Å². The fraction of sp³-hybridized carbons (Fsp3) is 0.167. The van der Waals surface area contributed by atoms with Gasteiger partial charge in [0.15, 0.2) is 5.69 Å². The van der Waals surface area contributed by atoms with Crippen molar-refractivity contribution in [1.82, 2.24) is 9.97 Å². The third-order valence-corrected chi connectivity index (χ3v) is 6.31. The van der Waals surface area contributed by atoms with Crippen molar-refractivity contribution in [2.75, 3.05) is 19.2 Å². The Bertz CT molecular complexity index is 1520. The summed E-state index contributed by atoms with van der Waals surface area (Å²) in [6, 6.07) is 24.0. The Balaban J connectivity index is 1.63. The lowest BCUT2D eigenvalue weighted by Crippen LogP contribution is -2.23. The molecule has 0 saturated heterocycles. The fourth-order valence-electron chi connectivity index (χ4n) is 4.43. The molecule has 0 amide bonds. The first-order valence-corrected chi connectivity index (χ1v) is 12.2. The predicted molar refractivity (Wildman–Crippen MR) is 145 cm³/mol. The topological polar surface area (TPSA) is 59.8 Å². The molecule has 9 heteroatoms. The molecule has 0 spiro atoms. The molecule has 3 aromatic carbocycles. The molecular weight excluding hydrogens is 505 g/mol. The van der Waals surface area contributed by atoms with Crippen LogP contribution in [-0.2, 0) is 6.18 Å². The van der Waals surface area contributed by atoms with Crippen molar-refractivity contribution in [3.8, 4) is 22.8 Å². The minimum atomic E-state index is -4.67. The maximum absolute atomic E-state index is 14.0. The number of para-hydroxylation sites is 2. The highest BCUT2D eigenvalue weighted by Crippen LogP contribution is 2.40. The molecule has 1 aliphatic heterocycles. The second kappa shape index (κ2) is 11.0. The predicted octanol–water partition coefficient (Wildman–Crippen LogP) is 7.20. The van der Waals surface area contributed by atoms with Crippen LogP contribution < -0.4 is 14.5 Å². The molecule has 0 fully saturated rings. The smallest absolute Gasteiger partial charge is 0.433 e. The molecule has 1 aliphatic rings. The van der Waals surface area contributed by atoms with Crippen molar-refractivity contribution in [2.45, 2.75) is 18.6 Å². The maximum atomic E-state index is 14.0. The molecule has 198 valence electrons. The van der Waals surface area contributed by atoms with Crippen molar-refractivity contribution in [1.29, 1.82) is 0 Å². The molecule has 0 saturated carbocycles. The maximum Gasteiger partial charge on any atom is 0.433 e. The van der Waals surface area contributed by atoms with E-state index < -0.39 is 17.9 Å². The molecule has 1 atom stereocenters. The van der Waals surface area contributed by atoms with Gasteiger partial charge in [0.05, 0.1) is 31.7 Å². The highest BCUT2D eigenvalue weighted by molar-refractivity contribution is 6.01. The van der Waals surface area contributed by atoms with E-state index in [1.54, 1.807) is 50.6 Å². The van der Waals surface area contributed by atoms with Gasteiger partial charge in [0, 0.05) is 23.1 Å². The number of benzene rings is 3. The Morgan fingerprint density at radius 3 is 2.21 bits per heavy atom. The average Bonchev–Trinajstić information content (AvgIpc) is 3.40. The van der Waals surface area contributed by atoms with E-state index in [9.17, 15) is 13.2 Å². The standard InChI is InChI=1S/C30H25F3N4O2/c1-38-26-14-8-6-12-21(26)16-17-22-18-25(23-13-7-9-15-27(23)39-2)37(36-22)29-34-24(20-10-4-3-5-11-20)19-28(35-29)30(31,32)33/h3-17,19,25H,18H2,1-2H3/b17-16+. The van der Waals surface area contributed by atoms with Gasteiger partial charge in [-0.05, 0) is 30.4 Å². The molecule has 1 aromatic heterocycles. The molecule has 5 rings (SSSR count). The number of hydrogen-bond acceptors (Lipinski definition) is 6. The summed E-state index contributed by atoms with van der Waals surface area (Å²) in [5.41, 5.74) is 1.89. The number of aromatic nitrogens is 2. The summed E-state index contributed by atoms with van der Waals surface area (Å²) >= 11 is 0. The summed E-state index contributed by atoms with van der Waals surface area (Å²) in [6.07, 6.45) is -0.585. The zero-order valence-electron chi connectivity index (χ0n) is 21.3. The van der Waals surface area contributed by atoms with E-state index in [1.807, 2.05) is 54.6 Å². The third kappa shape index (κ3) is 5.62. The first kappa shape index (κ1) is 26.0. The number of rotatable bonds is 7. The Morgan fingerprint density at radius 1 is 0.821 bits per heavy atom. The molecule has 2 heterocycles. The van der Waals surface area contributed by atoms with Crippen LogP contribution in [0.2, 0.25) is 0 Å². The number of halogens is 3. The minimum absolute atomic E-state index is 0.153. The third-order valence-electron chi connectivity index (χ3n) is 6.31. The zero-order valence-corrected chi connectivity index (χ0v) is 21.3. The summed E-state index contributed by atoms with van der Waals surface area (Å²) in [4.78, 5) is 8.45.